The van der Waals surface area contributed by atoms with Crippen molar-refractivity contribution in [1.82, 2.24) is 9.97 Å². The predicted molar refractivity (Wildman–Crippen MR) is 66.1 cm³/mol. The Morgan fingerprint density at radius 1 is 1.18 bits per heavy atom. The molecule has 0 amide bonds. The van der Waals surface area contributed by atoms with Crippen LogP contribution in [-0.4, -0.2) is 9.97 Å². The second-order valence-corrected chi connectivity index (χ2v) is 3.80. The number of anilines is 1. The van der Waals surface area contributed by atoms with Gasteiger partial charge in [-0.2, -0.15) is 5.26 Å². The van der Waals surface area contributed by atoms with Gasteiger partial charge in [0, 0.05) is 16.8 Å². The number of nitrogens with zero attached hydrogens (tertiary/aromatic N) is 3. The Morgan fingerprint density at radius 2 is 1.88 bits per heavy atom. The number of aryl methyl sites for hydroxylation is 1. The molecule has 0 bridgehead atoms. The smallest absolute Gasteiger partial charge is 0.163 e. The van der Waals surface area contributed by atoms with Crippen molar-refractivity contribution < 1.29 is 0 Å². The fraction of sp³-hybridized carbons (Fsp3) is 0.154. The third-order valence-corrected chi connectivity index (χ3v) is 2.72. The first kappa shape index (κ1) is 11.1. The van der Waals surface area contributed by atoms with Gasteiger partial charge in [-0.25, -0.2) is 9.97 Å². The standard InChI is InChI=1S/C13H12N4/c1-8-9(2)16-13(17-12(8)15)11-6-4-3-5-10(11)7-14/h3-6H,1-2H3,(H2,15,16,17). The van der Waals surface area contributed by atoms with Crippen molar-refractivity contribution in [2.24, 2.45) is 0 Å². The van der Waals surface area contributed by atoms with E-state index in [1.54, 1.807) is 6.07 Å². The maximum Gasteiger partial charge on any atom is 0.163 e. The highest BCUT2D eigenvalue weighted by Crippen LogP contribution is 2.22. The van der Waals surface area contributed by atoms with Gasteiger partial charge in [0.1, 0.15) is 5.82 Å². The number of hydrogen-bond donors (Lipinski definition) is 1. The fourth-order valence-electron chi connectivity index (χ4n) is 1.55. The summed E-state index contributed by atoms with van der Waals surface area (Å²) in [5.74, 6) is 0.961. The normalized spacial score (nSPS) is 9.94. The van der Waals surface area contributed by atoms with Crippen molar-refractivity contribution in [3.05, 3.63) is 41.1 Å². The molecule has 2 N–H and O–H groups in total. The fourth-order valence-corrected chi connectivity index (χ4v) is 1.55. The van der Waals surface area contributed by atoms with E-state index in [2.05, 4.69) is 16.0 Å². The lowest BCUT2D eigenvalue weighted by atomic mass is 10.1. The van der Waals surface area contributed by atoms with Crippen LogP contribution in [0.4, 0.5) is 5.82 Å². The lowest BCUT2D eigenvalue weighted by Gasteiger charge is -2.07. The molecule has 2 aromatic rings. The summed E-state index contributed by atoms with van der Waals surface area (Å²) in [6.45, 7) is 3.76. The highest BCUT2D eigenvalue weighted by atomic mass is 15.0. The third-order valence-electron chi connectivity index (χ3n) is 2.72. The van der Waals surface area contributed by atoms with Gasteiger partial charge in [-0.3, -0.25) is 0 Å². The van der Waals surface area contributed by atoms with Gasteiger partial charge >= 0.3 is 0 Å². The Labute approximate surface area is 99.8 Å². The van der Waals surface area contributed by atoms with Crippen LogP contribution >= 0.6 is 0 Å². The minimum Gasteiger partial charge on any atom is -0.383 e. The molecule has 0 fully saturated rings. The summed E-state index contributed by atoms with van der Waals surface area (Å²) < 4.78 is 0. The van der Waals surface area contributed by atoms with Crippen LogP contribution in [-0.2, 0) is 0 Å². The number of nitrogen functional groups attached to an aromatic ring is 1. The maximum atomic E-state index is 9.04. The molecule has 0 saturated carbocycles. The van der Waals surface area contributed by atoms with Crippen LogP contribution in [0.3, 0.4) is 0 Å². The number of nitrogens with two attached hydrogens (primary N) is 1. The van der Waals surface area contributed by atoms with Crippen LogP contribution in [0.2, 0.25) is 0 Å². The molecule has 1 aromatic heterocycles. The molecule has 0 atom stereocenters. The predicted octanol–water partition coefficient (Wildman–Crippen LogP) is 2.21. The molecule has 0 radical (unpaired) electrons. The second-order valence-electron chi connectivity index (χ2n) is 3.80. The van der Waals surface area contributed by atoms with Crippen molar-refractivity contribution in [1.29, 1.82) is 5.26 Å². The van der Waals surface area contributed by atoms with E-state index in [1.165, 1.54) is 0 Å². The summed E-state index contributed by atoms with van der Waals surface area (Å²) in [4.78, 5) is 8.60. The zero-order chi connectivity index (χ0) is 12.4. The van der Waals surface area contributed by atoms with Crippen LogP contribution in [0.25, 0.3) is 11.4 Å². The van der Waals surface area contributed by atoms with Crippen molar-refractivity contribution in [2.75, 3.05) is 5.73 Å². The Kier molecular flexibility index (Phi) is 2.75. The first-order valence-electron chi connectivity index (χ1n) is 5.23. The first-order chi connectivity index (χ1) is 8.13. The van der Waals surface area contributed by atoms with Gasteiger partial charge in [-0.15, -0.1) is 0 Å². The average Bonchev–Trinajstić information content (AvgIpc) is 2.35. The van der Waals surface area contributed by atoms with Crippen molar-refractivity contribution >= 4 is 5.82 Å². The molecule has 17 heavy (non-hydrogen) atoms. The van der Waals surface area contributed by atoms with E-state index >= 15 is 0 Å². The zero-order valence-electron chi connectivity index (χ0n) is 9.73. The van der Waals surface area contributed by atoms with Crippen molar-refractivity contribution in [3.63, 3.8) is 0 Å². The molecule has 0 aliphatic heterocycles. The van der Waals surface area contributed by atoms with Gasteiger partial charge in [-0.1, -0.05) is 12.1 Å². The van der Waals surface area contributed by atoms with Crippen LogP contribution in [0.5, 0.6) is 0 Å². The third kappa shape index (κ3) is 1.95. The molecule has 0 saturated heterocycles. The molecule has 4 heteroatoms. The Balaban J connectivity index is 2.66. The van der Waals surface area contributed by atoms with Crippen LogP contribution < -0.4 is 5.73 Å². The molecule has 2 rings (SSSR count). The number of aromatic nitrogens is 2. The highest BCUT2D eigenvalue weighted by Gasteiger charge is 2.10. The van der Waals surface area contributed by atoms with Gasteiger partial charge in [0.15, 0.2) is 5.82 Å². The minimum absolute atomic E-state index is 0.459. The Morgan fingerprint density at radius 3 is 2.53 bits per heavy atom. The van der Waals surface area contributed by atoms with Crippen molar-refractivity contribution in [2.45, 2.75) is 13.8 Å². The van der Waals surface area contributed by atoms with E-state index in [0.29, 0.717) is 22.8 Å². The number of hydrogen-bond acceptors (Lipinski definition) is 4. The van der Waals surface area contributed by atoms with E-state index < -0.39 is 0 Å². The number of nitriles is 1. The van der Waals surface area contributed by atoms with Crippen LogP contribution in [0.1, 0.15) is 16.8 Å². The summed E-state index contributed by atoms with van der Waals surface area (Å²) in [5, 5.41) is 9.04. The molecule has 1 aromatic carbocycles. The summed E-state index contributed by atoms with van der Waals surface area (Å²) >= 11 is 0. The van der Waals surface area contributed by atoms with Crippen LogP contribution in [0.15, 0.2) is 24.3 Å². The van der Waals surface area contributed by atoms with Crippen LogP contribution in [0, 0.1) is 25.2 Å². The average molecular weight is 224 g/mol. The Hall–Kier alpha value is -2.41. The van der Waals surface area contributed by atoms with E-state index in [1.807, 2.05) is 32.0 Å². The molecular formula is C13H12N4. The SMILES string of the molecule is Cc1nc(-c2ccccc2C#N)nc(N)c1C. The largest absolute Gasteiger partial charge is 0.383 e. The molecular weight excluding hydrogens is 212 g/mol. The summed E-state index contributed by atoms with van der Waals surface area (Å²) in [6.07, 6.45) is 0. The van der Waals surface area contributed by atoms with Crippen molar-refractivity contribution in [3.8, 4) is 17.5 Å². The zero-order valence-corrected chi connectivity index (χ0v) is 9.73. The molecule has 1 heterocycles. The van der Waals surface area contributed by atoms with E-state index in [9.17, 15) is 0 Å². The molecule has 0 spiro atoms. The van der Waals surface area contributed by atoms with Gasteiger partial charge < -0.3 is 5.73 Å². The monoisotopic (exact) mass is 224 g/mol. The lowest BCUT2D eigenvalue weighted by molar-refractivity contribution is 1.08. The Bertz CT molecular complexity index is 588. The minimum atomic E-state index is 0.459. The van der Waals surface area contributed by atoms with E-state index in [0.717, 1.165) is 11.3 Å². The van der Waals surface area contributed by atoms with Gasteiger partial charge in [0.05, 0.1) is 11.6 Å². The van der Waals surface area contributed by atoms with Gasteiger partial charge in [-0.05, 0) is 26.0 Å². The molecule has 0 unspecified atom stereocenters. The summed E-state index contributed by atoms with van der Waals surface area (Å²) in [7, 11) is 0. The molecule has 0 aliphatic carbocycles. The van der Waals surface area contributed by atoms with E-state index in [-0.39, 0.29) is 0 Å². The van der Waals surface area contributed by atoms with Gasteiger partial charge in [0.25, 0.3) is 0 Å². The summed E-state index contributed by atoms with van der Waals surface area (Å²) in [5.41, 5.74) is 8.79. The topological polar surface area (TPSA) is 75.6 Å². The highest BCUT2D eigenvalue weighted by molar-refractivity contribution is 5.66. The molecule has 84 valence electrons. The first-order valence-corrected chi connectivity index (χ1v) is 5.23. The number of benzene rings is 1. The maximum absolute atomic E-state index is 9.04. The quantitative estimate of drug-likeness (QED) is 0.805. The molecule has 0 aliphatic rings. The second kappa shape index (κ2) is 4.22. The summed E-state index contributed by atoms with van der Waals surface area (Å²) in [6, 6.07) is 9.35. The van der Waals surface area contributed by atoms with E-state index in [4.69, 9.17) is 11.0 Å². The number of rotatable bonds is 1. The van der Waals surface area contributed by atoms with Gasteiger partial charge in [0.2, 0.25) is 0 Å². The molecule has 4 nitrogen and oxygen atoms in total. The lowest BCUT2D eigenvalue weighted by Crippen LogP contribution is -2.02.